The van der Waals surface area contributed by atoms with Gasteiger partial charge in [0.1, 0.15) is 11.6 Å². The first kappa shape index (κ1) is 19.9. The molecule has 0 amide bonds. The Morgan fingerprint density at radius 2 is 1.63 bits per heavy atom. The molecule has 2 rings (SSSR count). The molecule has 0 saturated carbocycles. The fraction of sp³-hybridized carbons (Fsp3) is 0.0500. The molecule has 0 heterocycles. The molecule has 2 aromatic carbocycles. The summed E-state index contributed by atoms with van der Waals surface area (Å²) < 4.78 is 40.8. The summed E-state index contributed by atoms with van der Waals surface area (Å²) >= 11 is 0. The van der Waals surface area contributed by atoms with E-state index >= 15 is 0 Å². The molecular weight excluding hydrogens is 370 g/mol. The van der Waals surface area contributed by atoms with Crippen LogP contribution in [-0.2, 0) is 15.6 Å². The number of carbonyl (C=O) groups excluding carboxylic acids is 1. The molecule has 0 spiro atoms. The zero-order valence-corrected chi connectivity index (χ0v) is 14.9. The van der Waals surface area contributed by atoms with Crippen molar-refractivity contribution in [2.24, 2.45) is 0 Å². The zero-order valence-electron chi connectivity index (χ0n) is 14.1. The van der Waals surface area contributed by atoms with Crippen LogP contribution in [0, 0.1) is 34.3 Å². The molecule has 0 fully saturated rings. The number of nitrogens with zero attached hydrogens (tertiary/aromatic N) is 2. The van der Waals surface area contributed by atoms with Crippen LogP contribution in [0.3, 0.4) is 0 Å². The molecule has 0 aliphatic rings. The van der Waals surface area contributed by atoms with E-state index < -0.39 is 28.2 Å². The second-order valence-electron chi connectivity index (χ2n) is 5.37. The zero-order chi connectivity index (χ0) is 20.0. The van der Waals surface area contributed by atoms with Gasteiger partial charge in [0.05, 0.1) is 39.0 Å². The third-order valence-electron chi connectivity index (χ3n) is 3.42. The van der Waals surface area contributed by atoms with E-state index in [1.807, 2.05) is 0 Å². The molecule has 0 aliphatic carbocycles. The molecule has 7 heteroatoms. The third kappa shape index (κ3) is 5.04. The molecule has 0 bridgehead atoms. The monoisotopic (exact) mass is 382 g/mol. The number of benzene rings is 2. The van der Waals surface area contributed by atoms with Gasteiger partial charge in [0.2, 0.25) is 0 Å². The highest BCUT2D eigenvalue weighted by Crippen LogP contribution is 2.24. The van der Waals surface area contributed by atoms with E-state index in [-0.39, 0.29) is 27.2 Å². The van der Waals surface area contributed by atoms with Crippen molar-refractivity contribution < 1.29 is 17.8 Å². The average Bonchev–Trinajstić information content (AvgIpc) is 2.64. The highest BCUT2D eigenvalue weighted by molar-refractivity contribution is 7.97. The number of halogens is 2. The van der Waals surface area contributed by atoms with Gasteiger partial charge in [0, 0.05) is 16.5 Å². The van der Waals surface area contributed by atoms with E-state index in [2.05, 4.69) is 0 Å². The van der Waals surface area contributed by atoms with Crippen LogP contribution in [0.5, 0.6) is 0 Å². The first-order valence-electron chi connectivity index (χ1n) is 7.56. The minimum atomic E-state index is -1.96. The summed E-state index contributed by atoms with van der Waals surface area (Å²) in [5.74, 6) is -1.92. The lowest BCUT2D eigenvalue weighted by atomic mass is 10.1. The van der Waals surface area contributed by atoms with Gasteiger partial charge in [-0.1, -0.05) is 6.07 Å². The fourth-order valence-electron chi connectivity index (χ4n) is 2.15. The Morgan fingerprint density at radius 1 is 1.04 bits per heavy atom. The first-order chi connectivity index (χ1) is 12.8. The molecule has 27 heavy (non-hydrogen) atoms. The van der Waals surface area contributed by atoms with Crippen molar-refractivity contribution in [2.45, 2.75) is 6.92 Å². The summed E-state index contributed by atoms with van der Waals surface area (Å²) in [5.41, 5.74) is 0.222. The van der Waals surface area contributed by atoms with Crippen LogP contribution in [0.2, 0.25) is 0 Å². The molecule has 4 nitrogen and oxygen atoms in total. The van der Waals surface area contributed by atoms with Crippen molar-refractivity contribution in [3.63, 3.8) is 0 Å². The lowest BCUT2D eigenvalue weighted by molar-refractivity contribution is -0.112. The molecule has 0 saturated heterocycles. The van der Waals surface area contributed by atoms with Gasteiger partial charge >= 0.3 is 0 Å². The highest BCUT2D eigenvalue weighted by atomic mass is 32.2. The van der Waals surface area contributed by atoms with Gasteiger partial charge in [-0.25, -0.2) is 13.0 Å². The summed E-state index contributed by atoms with van der Waals surface area (Å²) in [6.07, 6.45) is 2.25. The van der Waals surface area contributed by atoms with Gasteiger partial charge in [0.15, 0.2) is 5.78 Å². The number of ketones is 1. The quantitative estimate of drug-likeness (QED) is 0.731. The number of nitriles is 2. The maximum Gasteiger partial charge on any atom is 0.153 e. The predicted octanol–water partition coefficient (Wildman–Crippen LogP) is 4.06. The van der Waals surface area contributed by atoms with E-state index in [1.54, 1.807) is 12.1 Å². The molecule has 0 aliphatic heterocycles. The van der Waals surface area contributed by atoms with Crippen LogP contribution in [0.1, 0.15) is 29.2 Å². The maximum atomic E-state index is 14.3. The second-order valence-corrected chi connectivity index (χ2v) is 6.68. The SMILES string of the molecule is CC(=O)/C=C(/c1ccc(C#N)cc1F)S(=O)C=Cc1ccc(C#N)cc1F. The van der Waals surface area contributed by atoms with Gasteiger partial charge < -0.3 is 0 Å². The van der Waals surface area contributed by atoms with E-state index in [4.69, 9.17) is 10.5 Å². The van der Waals surface area contributed by atoms with Crippen molar-refractivity contribution in [3.05, 3.63) is 81.8 Å². The van der Waals surface area contributed by atoms with Crippen LogP contribution >= 0.6 is 0 Å². The Bertz CT molecular complexity index is 1080. The average molecular weight is 382 g/mol. The van der Waals surface area contributed by atoms with E-state index in [0.29, 0.717) is 0 Å². The maximum absolute atomic E-state index is 14.3. The highest BCUT2D eigenvalue weighted by Gasteiger charge is 2.15. The van der Waals surface area contributed by atoms with Crippen molar-refractivity contribution in [2.75, 3.05) is 0 Å². The minimum absolute atomic E-state index is 0.0828. The summed E-state index contributed by atoms with van der Waals surface area (Å²) in [6.45, 7) is 1.22. The standard InChI is InChI=1S/C20H12F2N2O2S/c1-13(25)8-20(17-5-3-15(12-24)10-19(17)22)27(26)7-6-16-4-2-14(11-23)9-18(16)21/h2-10H,1H3/b7-6?,20-8-. The lowest BCUT2D eigenvalue weighted by Crippen LogP contribution is -1.99. The number of carbonyl (C=O) groups is 1. The van der Waals surface area contributed by atoms with Gasteiger partial charge in [-0.2, -0.15) is 10.5 Å². The van der Waals surface area contributed by atoms with Crippen molar-refractivity contribution in [3.8, 4) is 12.1 Å². The number of rotatable bonds is 5. The van der Waals surface area contributed by atoms with Gasteiger partial charge in [-0.15, -0.1) is 0 Å². The number of hydrogen-bond acceptors (Lipinski definition) is 4. The second kappa shape index (κ2) is 8.79. The predicted molar refractivity (Wildman–Crippen MR) is 98.1 cm³/mol. The smallest absolute Gasteiger partial charge is 0.153 e. The van der Waals surface area contributed by atoms with Crippen LogP contribution in [0.15, 0.2) is 47.9 Å². The van der Waals surface area contributed by atoms with Crippen LogP contribution < -0.4 is 0 Å². The van der Waals surface area contributed by atoms with Crippen LogP contribution in [0.4, 0.5) is 8.78 Å². The molecule has 0 aromatic heterocycles. The molecule has 1 atom stereocenters. The van der Waals surface area contributed by atoms with Gasteiger partial charge in [-0.05, 0) is 49.4 Å². The Balaban J connectivity index is 2.41. The minimum Gasteiger partial charge on any atom is -0.295 e. The fourth-order valence-corrected chi connectivity index (χ4v) is 3.23. The Kier molecular flexibility index (Phi) is 6.48. The molecule has 134 valence electrons. The lowest BCUT2D eigenvalue weighted by Gasteiger charge is -2.07. The summed E-state index contributed by atoms with van der Waals surface area (Å²) in [6, 6.07) is 10.9. The van der Waals surface area contributed by atoms with Gasteiger partial charge in [-0.3, -0.25) is 4.79 Å². The number of allylic oxidation sites excluding steroid dienone is 1. The topological polar surface area (TPSA) is 81.7 Å². The third-order valence-corrected chi connectivity index (χ3v) is 4.57. The first-order valence-corrected chi connectivity index (χ1v) is 8.77. The van der Waals surface area contributed by atoms with Gasteiger partial charge in [0.25, 0.3) is 0 Å². The van der Waals surface area contributed by atoms with E-state index in [1.165, 1.54) is 37.3 Å². The summed E-state index contributed by atoms with van der Waals surface area (Å²) in [5, 5.41) is 18.7. The summed E-state index contributed by atoms with van der Waals surface area (Å²) in [7, 11) is -1.96. The largest absolute Gasteiger partial charge is 0.295 e. The van der Waals surface area contributed by atoms with Crippen molar-refractivity contribution >= 4 is 27.6 Å². The summed E-state index contributed by atoms with van der Waals surface area (Å²) in [4.78, 5) is 11.4. The Hall–Kier alpha value is -3.42. The Labute approximate surface area is 157 Å². The van der Waals surface area contributed by atoms with Crippen molar-refractivity contribution in [1.29, 1.82) is 10.5 Å². The molecule has 0 radical (unpaired) electrons. The molecular formula is C20H12F2N2O2S. The van der Waals surface area contributed by atoms with E-state index in [0.717, 1.165) is 23.6 Å². The molecule has 2 aromatic rings. The van der Waals surface area contributed by atoms with Crippen molar-refractivity contribution in [1.82, 2.24) is 0 Å². The Morgan fingerprint density at radius 3 is 2.15 bits per heavy atom. The van der Waals surface area contributed by atoms with Crippen LogP contribution in [-0.4, -0.2) is 9.99 Å². The van der Waals surface area contributed by atoms with Crippen LogP contribution in [0.25, 0.3) is 11.0 Å². The number of hydrogen-bond donors (Lipinski definition) is 0. The normalized spacial score (nSPS) is 12.4. The molecule has 0 N–H and O–H groups in total. The molecule has 1 unspecified atom stereocenters. The van der Waals surface area contributed by atoms with E-state index in [9.17, 15) is 17.8 Å².